The molecule has 0 spiro atoms. The van der Waals surface area contributed by atoms with Crippen molar-refractivity contribution in [1.29, 1.82) is 0 Å². The second kappa shape index (κ2) is 6.47. The molecule has 2 N–H and O–H groups in total. The number of nitrogens with two attached hydrogens (primary N) is 1. The number of benzene rings is 1. The van der Waals surface area contributed by atoms with Gasteiger partial charge in [-0.15, -0.1) is 0 Å². The first-order chi connectivity index (χ1) is 8.79. The fraction of sp³-hybridized carbons (Fsp3) is 0.500. The fourth-order valence-electron chi connectivity index (χ4n) is 2.40. The van der Waals surface area contributed by atoms with E-state index in [1.807, 2.05) is 6.07 Å². The molecule has 0 bridgehead atoms. The molecular formula is C16H21NO. The van der Waals surface area contributed by atoms with Gasteiger partial charge >= 0.3 is 0 Å². The summed E-state index contributed by atoms with van der Waals surface area (Å²) in [7, 11) is 0. The van der Waals surface area contributed by atoms with Crippen LogP contribution in [0.4, 0.5) is 0 Å². The van der Waals surface area contributed by atoms with E-state index < -0.39 is 0 Å². The van der Waals surface area contributed by atoms with Crippen LogP contribution in [0.5, 0.6) is 5.75 Å². The lowest BCUT2D eigenvalue weighted by molar-refractivity contribution is 0.251. The van der Waals surface area contributed by atoms with Gasteiger partial charge in [0.25, 0.3) is 0 Å². The van der Waals surface area contributed by atoms with E-state index in [0.29, 0.717) is 6.54 Å². The van der Waals surface area contributed by atoms with E-state index in [2.05, 4.69) is 30.9 Å². The van der Waals surface area contributed by atoms with Crippen LogP contribution < -0.4 is 10.5 Å². The van der Waals surface area contributed by atoms with Crippen molar-refractivity contribution in [1.82, 2.24) is 0 Å². The van der Waals surface area contributed by atoms with E-state index in [1.54, 1.807) is 0 Å². The summed E-state index contributed by atoms with van der Waals surface area (Å²) in [5.74, 6) is 7.61. The highest BCUT2D eigenvalue weighted by atomic mass is 16.5. The van der Waals surface area contributed by atoms with Crippen LogP contribution in [0.25, 0.3) is 0 Å². The highest BCUT2D eigenvalue weighted by Gasteiger charge is 2.16. The van der Waals surface area contributed by atoms with Crippen LogP contribution in [0.3, 0.4) is 0 Å². The Hall–Kier alpha value is -1.46. The molecule has 1 aromatic rings. The summed E-state index contributed by atoms with van der Waals surface area (Å²) < 4.78 is 5.93. The molecule has 1 aromatic carbocycles. The van der Waals surface area contributed by atoms with Crippen LogP contribution in [0.1, 0.15) is 36.8 Å². The highest BCUT2D eigenvalue weighted by Crippen LogP contribution is 2.26. The maximum atomic E-state index is 5.93. The fourth-order valence-corrected chi connectivity index (χ4v) is 2.40. The second-order valence-corrected chi connectivity index (χ2v) is 4.97. The first-order valence-electron chi connectivity index (χ1n) is 6.72. The number of aryl methyl sites for hydroxylation is 1. The summed E-state index contributed by atoms with van der Waals surface area (Å²) in [5, 5.41) is 0. The molecule has 0 unspecified atom stereocenters. The van der Waals surface area contributed by atoms with Crippen molar-refractivity contribution < 1.29 is 4.74 Å². The summed E-state index contributed by atoms with van der Waals surface area (Å²) in [4.78, 5) is 0. The third-order valence-electron chi connectivity index (χ3n) is 3.41. The van der Waals surface area contributed by atoms with E-state index in [1.165, 1.54) is 31.2 Å². The predicted octanol–water partition coefficient (Wildman–Crippen LogP) is 2.87. The molecule has 0 atom stereocenters. The number of hydrogen-bond acceptors (Lipinski definition) is 2. The van der Waals surface area contributed by atoms with Crippen LogP contribution in [0.2, 0.25) is 0 Å². The van der Waals surface area contributed by atoms with Gasteiger partial charge in [-0.2, -0.15) is 0 Å². The summed E-state index contributed by atoms with van der Waals surface area (Å²) >= 11 is 0. The maximum absolute atomic E-state index is 5.93. The first-order valence-corrected chi connectivity index (χ1v) is 6.72. The van der Waals surface area contributed by atoms with Crippen molar-refractivity contribution in [3.05, 3.63) is 29.3 Å². The zero-order valence-corrected chi connectivity index (χ0v) is 11.0. The summed E-state index contributed by atoms with van der Waals surface area (Å²) in [6.45, 7) is 3.27. The standard InChI is InChI=1S/C16H21NO/c1-13-8-9-16(15(11-13)7-4-10-17)18-12-14-5-2-3-6-14/h8-9,11,14H,2-3,5-6,10,12,17H2,1H3. The largest absolute Gasteiger partial charge is 0.492 e. The van der Waals surface area contributed by atoms with E-state index in [-0.39, 0.29) is 0 Å². The molecule has 2 rings (SSSR count). The molecule has 1 aliphatic rings. The topological polar surface area (TPSA) is 35.2 Å². The normalized spacial score (nSPS) is 15.2. The van der Waals surface area contributed by atoms with E-state index in [0.717, 1.165) is 23.8 Å². The van der Waals surface area contributed by atoms with Crippen molar-refractivity contribution in [2.45, 2.75) is 32.6 Å². The van der Waals surface area contributed by atoms with Crippen molar-refractivity contribution >= 4 is 0 Å². The maximum Gasteiger partial charge on any atom is 0.134 e. The molecule has 1 fully saturated rings. The van der Waals surface area contributed by atoms with Crippen molar-refractivity contribution in [2.24, 2.45) is 11.7 Å². The number of ether oxygens (including phenoxy) is 1. The van der Waals surface area contributed by atoms with Gasteiger partial charge in [0, 0.05) is 0 Å². The number of hydrogen-bond donors (Lipinski definition) is 1. The Kier molecular flexibility index (Phi) is 4.66. The Morgan fingerprint density at radius 2 is 2.11 bits per heavy atom. The quantitative estimate of drug-likeness (QED) is 0.828. The monoisotopic (exact) mass is 243 g/mol. The molecule has 96 valence electrons. The molecule has 0 radical (unpaired) electrons. The minimum atomic E-state index is 0.385. The number of rotatable bonds is 3. The molecule has 0 aromatic heterocycles. The third kappa shape index (κ3) is 3.51. The third-order valence-corrected chi connectivity index (χ3v) is 3.41. The van der Waals surface area contributed by atoms with Gasteiger partial charge in [-0.05, 0) is 43.4 Å². The van der Waals surface area contributed by atoms with Crippen LogP contribution >= 0.6 is 0 Å². The molecule has 0 heterocycles. The van der Waals surface area contributed by atoms with E-state index >= 15 is 0 Å². The van der Waals surface area contributed by atoms with Gasteiger partial charge in [0.1, 0.15) is 5.75 Å². The lowest BCUT2D eigenvalue weighted by Crippen LogP contribution is -2.08. The van der Waals surface area contributed by atoms with Gasteiger partial charge in [-0.25, -0.2) is 0 Å². The summed E-state index contributed by atoms with van der Waals surface area (Å²) in [6.07, 6.45) is 5.30. The zero-order chi connectivity index (χ0) is 12.8. The second-order valence-electron chi connectivity index (χ2n) is 4.97. The smallest absolute Gasteiger partial charge is 0.134 e. The van der Waals surface area contributed by atoms with Crippen LogP contribution in [-0.4, -0.2) is 13.2 Å². The van der Waals surface area contributed by atoms with E-state index in [4.69, 9.17) is 10.5 Å². The van der Waals surface area contributed by atoms with Gasteiger partial charge < -0.3 is 10.5 Å². The van der Waals surface area contributed by atoms with Gasteiger partial charge in [0.15, 0.2) is 0 Å². The van der Waals surface area contributed by atoms with Crippen molar-refractivity contribution in [3.8, 4) is 17.6 Å². The predicted molar refractivity (Wildman–Crippen MR) is 74.6 cm³/mol. The Labute approximate surface area is 110 Å². The lowest BCUT2D eigenvalue weighted by Gasteiger charge is -2.13. The summed E-state index contributed by atoms with van der Waals surface area (Å²) in [5.41, 5.74) is 7.58. The van der Waals surface area contributed by atoms with Crippen LogP contribution in [-0.2, 0) is 0 Å². The van der Waals surface area contributed by atoms with Crippen molar-refractivity contribution in [3.63, 3.8) is 0 Å². The van der Waals surface area contributed by atoms with Gasteiger partial charge in [0.2, 0.25) is 0 Å². The lowest BCUT2D eigenvalue weighted by atomic mass is 10.1. The van der Waals surface area contributed by atoms with Gasteiger partial charge in [-0.1, -0.05) is 30.7 Å². The Morgan fingerprint density at radius 1 is 1.33 bits per heavy atom. The molecule has 2 heteroatoms. The van der Waals surface area contributed by atoms with Gasteiger partial charge in [0.05, 0.1) is 18.7 Å². The first kappa shape index (κ1) is 13.0. The molecule has 0 amide bonds. The minimum absolute atomic E-state index is 0.385. The Balaban J connectivity index is 2.05. The van der Waals surface area contributed by atoms with Gasteiger partial charge in [-0.3, -0.25) is 0 Å². The van der Waals surface area contributed by atoms with Crippen molar-refractivity contribution in [2.75, 3.05) is 13.2 Å². The molecule has 0 saturated heterocycles. The van der Waals surface area contributed by atoms with E-state index in [9.17, 15) is 0 Å². The SMILES string of the molecule is Cc1ccc(OCC2CCCC2)c(C#CCN)c1. The average Bonchev–Trinajstić information content (AvgIpc) is 2.88. The Bertz CT molecular complexity index is 450. The highest BCUT2D eigenvalue weighted by molar-refractivity contribution is 5.48. The molecule has 0 aliphatic heterocycles. The molecule has 2 nitrogen and oxygen atoms in total. The molecule has 18 heavy (non-hydrogen) atoms. The Morgan fingerprint density at radius 3 is 2.83 bits per heavy atom. The van der Waals surface area contributed by atoms with Crippen LogP contribution in [0, 0.1) is 24.7 Å². The minimum Gasteiger partial charge on any atom is -0.492 e. The average molecular weight is 243 g/mol. The molecule has 1 saturated carbocycles. The summed E-state index contributed by atoms with van der Waals surface area (Å²) in [6, 6.07) is 6.15. The molecule has 1 aliphatic carbocycles. The zero-order valence-electron chi connectivity index (χ0n) is 11.0. The van der Waals surface area contributed by atoms with Crippen LogP contribution in [0.15, 0.2) is 18.2 Å². The molecular weight excluding hydrogens is 222 g/mol.